The Morgan fingerprint density at radius 3 is 1.44 bits per heavy atom. The molecule has 1 aromatic carbocycles. The van der Waals surface area contributed by atoms with E-state index in [1.165, 1.54) is 0 Å². The minimum atomic E-state index is 0.904. The zero-order valence-electron chi connectivity index (χ0n) is 10.4. The van der Waals surface area contributed by atoms with Crippen LogP contribution < -0.4 is 0 Å². The molecular weight excluding hydrogens is 224 g/mol. The van der Waals surface area contributed by atoms with E-state index < -0.39 is 0 Å². The number of hydrogen-bond donors (Lipinski definition) is 0. The Morgan fingerprint density at radius 1 is 0.667 bits per heavy atom. The van der Waals surface area contributed by atoms with Crippen LogP contribution in [-0.2, 0) is 0 Å². The fraction of sp³-hybridized carbons (Fsp3) is 0.125. The van der Waals surface area contributed by atoms with Gasteiger partial charge in [0.25, 0.3) is 0 Å². The maximum atomic E-state index is 5.59. The molecule has 2 nitrogen and oxygen atoms in total. The standard InChI is InChI=1S/C16H14O2/c1-11-7-9-17-15(11)13-5-3-4-6-14(13)16-12(2)8-10-18-16/h3-10H,1-2H3. The van der Waals surface area contributed by atoms with E-state index in [1.807, 2.05) is 38.1 Å². The van der Waals surface area contributed by atoms with Gasteiger partial charge in [0.05, 0.1) is 12.5 Å². The summed E-state index contributed by atoms with van der Waals surface area (Å²) in [5.74, 6) is 1.81. The van der Waals surface area contributed by atoms with Crippen molar-refractivity contribution in [3.8, 4) is 22.6 Å². The Hall–Kier alpha value is -2.22. The zero-order valence-corrected chi connectivity index (χ0v) is 10.4. The maximum Gasteiger partial charge on any atom is 0.137 e. The second-order valence-corrected chi connectivity index (χ2v) is 4.41. The van der Waals surface area contributed by atoms with Gasteiger partial charge >= 0.3 is 0 Å². The van der Waals surface area contributed by atoms with Crippen LogP contribution >= 0.6 is 0 Å². The molecule has 3 rings (SSSR count). The van der Waals surface area contributed by atoms with E-state index >= 15 is 0 Å². The molecule has 0 aliphatic carbocycles. The molecule has 90 valence electrons. The molecule has 2 aromatic heterocycles. The predicted molar refractivity (Wildman–Crippen MR) is 71.3 cm³/mol. The Bertz CT molecular complexity index is 614. The summed E-state index contributed by atoms with van der Waals surface area (Å²) in [4.78, 5) is 0. The molecule has 0 bridgehead atoms. The summed E-state index contributed by atoms with van der Waals surface area (Å²) in [5.41, 5.74) is 4.40. The Kier molecular flexibility index (Phi) is 2.56. The van der Waals surface area contributed by atoms with Gasteiger partial charge in [0.2, 0.25) is 0 Å². The van der Waals surface area contributed by atoms with Crippen LogP contribution in [-0.4, -0.2) is 0 Å². The van der Waals surface area contributed by atoms with Gasteiger partial charge in [-0.25, -0.2) is 0 Å². The van der Waals surface area contributed by atoms with E-state index in [9.17, 15) is 0 Å². The van der Waals surface area contributed by atoms with E-state index in [-0.39, 0.29) is 0 Å². The van der Waals surface area contributed by atoms with Crippen molar-refractivity contribution < 1.29 is 8.83 Å². The minimum absolute atomic E-state index is 0.904. The van der Waals surface area contributed by atoms with Crippen LogP contribution in [0.5, 0.6) is 0 Å². The highest BCUT2D eigenvalue weighted by atomic mass is 16.3. The number of furan rings is 2. The molecule has 0 atom stereocenters. The van der Waals surface area contributed by atoms with Crippen LogP contribution in [0.25, 0.3) is 22.6 Å². The summed E-state index contributed by atoms with van der Waals surface area (Å²) in [6.45, 7) is 4.09. The summed E-state index contributed by atoms with van der Waals surface area (Å²) >= 11 is 0. The van der Waals surface area contributed by atoms with Crippen molar-refractivity contribution in [3.63, 3.8) is 0 Å². The van der Waals surface area contributed by atoms with E-state index in [2.05, 4.69) is 12.1 Å². The van der Waals surface area contributed by atoms with Gasteiger partial charge in [0.15, 0.2) is 0 Å². The van der Waals surface area contributed by atoms with Crippen LogP contribution in [0, 0.1) is 13.8 Å². The lowest BCUT2D eigenvalue weighted by atomic mass is 9.99. The fourth-order valence-corrected chi connectivity index (χ4v) is 2.18. The van der Waals surface area contributed by atoms with E-state index in [1.54, 1.807) is 12.5 Å². The molecule has 0 radical (unpaired) electrons. The van der Waals surface area contributed by atoms with Crippen molar-refractivity contribution in [2.45, 2.75) is 13.8 Å². The summed E-state index contributed by atoms with van der Waals surface area (Å²) in [6.07, 6.45) is 3.44. The summed E-state index contributed by atoms with van der Waals surface area (Å²) in [6, 6.07) is 12.1. The number of benzene rings is 1. The minimum Gasteiger partial charge on any atom is -0.464 e. The molecule has 0 N–H and O–H groups in total. The molecule has 0 unspecified atom stereocenters. The first-order valence-corrected chi connectivity index (χ1v) is 5.95. The highest BCUT2D eigenvalue weighted by Gasteiger charge is 2.14. The topological polar surface area (TPSA) is 26.3 Å². The number of aryl methyl sites for hydroxylation is 2. The van der Waals surface area contributed by atoms with Crippen molar-refractivity contribution in [2.75, 3.05) is 0 Å². The maximum absolute atomic E-state index is 5.59. The molecule has 0 aliphatic rings. The highest BCUT2D eigenvalue weighted by molar-refractivity contribution is 5.81. The average Bonchev–Trinajstić information content (AvgIpc) is 2.98. The Morgan fingerprint density at radius 2 is 1.11 bits per heavy atom. The molecule has 0 fully saturated rings. The van der Waals surface area contributed by atoms with Gasteiger partial charge in [-0.3, -0.25) is 0 Å². The van der Waals surface area contributed by atoms with Gasteiger partial charge in [-0.1, -0.05) is 24.3 Å². The van der Waals surface area contributed by atoms with Gasteiger partial charge in [0.1, 0.15) is 11.5 Å². The normalized spacial score (nSPS) is 10.8. The monoisotopic (exact) mass is 238 g/mol. The zero-order chi connectivity index (χ0) is 12.5. The molecule has 2 heterocycles. The first-order chi connectivity index (χ1) is 8.77. The third kappa shape index (κ3) is 1.66. The SMILES string of the molecule is Cc1ccoc1-c1ccccc1-c1occc1C. The van der Waals surface area contributed by atoms with Gasteiger partial charge in [-0.05, 0) is 37.1 Å². The number of hydrogen-bond acceptors (Lipinski definition) is 2. The molecule has 0 spiro atoms. The van der Waals surface area contributed by atoms with E-state index in [0.29, 0.717) is 0 Å². The molecule has 0 amide bonds. The first-order valence-electron chi connectivity index (χ1n) is 5.95. The van der Waals surface area contributed by atoms with Crippen molar-refractivity contribution in [3.05, 3.63) is 60.1 Å². The quantitative estimate of drug-likeness (QED) is 0.639. The summed E-state index contributed by atoms with van der Waals surface area (Å²) < 4.78 is 11.2. The van der Waals surface area contributed by atoms with Crippen LogP contribution in [0.1, 0.15) is 11.1 Å². The smallest absolute Gasteiger partial charge is 0.137 e. The lowest BCUT2D eigenvalue weighted by molar-refractivity contribution is 0.574. The second kappa shape index (κ2) is 4.22. The second-order valence-electron chi connectivity index (χ2n) is 4.41. The van der Waals surface area contributed by atoms with Crippen molar-refractivity contribution in [2.24, 2.45) is 0 Å². The lowest BCUT2D eigenvalue weighted by Crippen LogP contribution is -1.85. The molecule has 0 saturated heterocycles. The lowest BCUT2D eigenvalue weighted by Gasteiger charge is -2.06. The molecule has 0 saturated carbocycles. The largest absolute Gasteiger partial charge is 0.464 e. The van der Waals surface area contributed by atoms with Crippen molar-refractivity contribution in [1.82, 2.24) is 0 Å². The van der Waals surface area contributed by atoms with Gasteiger partial charge < -0.3 is 8.83 Å². The fourth-order valence-electron chi connectivity index (χ4n) is 2.18. The highest BCUT2D eigenvalue weighted by Crippen LogP contribution is 2.35. The van der Waals surface area contributed by atoms with Crippen LogP contribution in [0.2, 0.25) is 0 Å². The summed E-state index contributed by atoms with van der Waals surface area (Å²) in [7, 11) is 0. The van der Waals surface area contributed by atoms with E-state index in [0.717, 1.165) is 33.8 Å². The number of rotatable bonds is 2. The molecular formula is C16H14O2. The molecule has 3 aromatic rings. The van der Waals surface area contributed by atoms with Crippen LogP contribution in [0.15, 0.2) is 57.8 Å². The molecule has 18 heavy (non-hydrogen) atoms. The average molecular weight is 238 g/mol. The van der Waals surface area contributed by atoms with Gasteiger partial charge in [0, 0.05) is 11.1 Å². The Balaban J connectivity index is 2.24. The van der Waals surface area contributed by atoms with Gasteiger partial charge in [-0.2, -0.15) is 0 Å². The molecule has 2 heteroatoms. The Labute approximate surface area is 106 Å². The first kappa shape index (κ1) is 10.9. The van der Waals surface area contributed by atoms with Crippen LogP contribution in [0.3, 0.4) is 0 Å². The van der Waals surface area contributed by atoms with Crippen LogP contribution in [0.4, 0.5) is 0 Å². The van der Waals surface area contributed by atoms with Gasteiger partial charge in [-0.15, -0.1) is 0 Å². The third-order valence-electron chi connectivity index (χ3n) is 3.14. The van der Waals surface area contributed by atoms with Crippen molar-refractivity contribution >= 4 is 0 Å². The van der Waals surface area contributed by atoms with E-state index in [4.69, 9.17) is 8.83 Å². The third-order valence-corrected chi connectivity index (χ3v) is 3.14. The van der Waals surface area contributed by atoms with Crippen molar-refractivity contribution in [1.29, 1.82) is 0 Å². The summed E-state index contributed by atoms with van der Waals surface area (Å²) in [5, 5.41) is 0. The predicted octanol–water partition coefficient (Wildman–Crippen LogP) is 4.82. The molecule has 0 aliphatic heterocycles.